The lowest BCUT2D eigenvalue weighted by molar-refractivity contribution is -0.145. The zero-order chi connectivity index (χ0) is 93.8. The van der Waals surface area contributed by atoms with Crippen LogP contribution in [0.15, 0.2) is 124 Å². The van der Waals surface area contributed by atoms with Crippen LogP contribution in [0, 0.1) is 0 Å². The lowest BCUT2D eigenvalue weighted by Gasteiger charge is -2.04. The fourth-order valence-corrected chi connectivity index (χ4v) is 6.60. The average Bonchev–Trinajstić information content (AvgIpc) is 1.06. The van der Waals surface area contributed by atoms with Gasteiger partial charge in [-0.15, -0.1) is 0 Å². The minimum Gasteiger partial charge on any atom is -0.481 e. The number of carbonyl (C=O) groups is 18. The van der Waals surface area contributed by atoms with Crippen LogP contribution >= 0.6 is 0 Å². The molecule has 0 amide bonds. The van der Waals surface area contributed by atoms with Gasteiger partial charge in [0.15, 0.2) is 0 Å². The van der Waals surface area contributed by atoms with Crippen molar-refractivity contribution in [3.05, 3.63) is 124 Å². The number of rotatable bonds is 58. The summed E-state index contributed by atoms with van der Waals surface area (Å²) in [6.07, 6.45) is 26.0. The molecule has 0 radical (unpaired) electrons. The van der Waals surface area contributed by atoms with E-state index in [1.807, 2.05) is 0 Å². The molecule has 0 aromatic carbocycles. The molecule has 678 valence electrons. The molecule has 0 fully saturated rings. The number of hydrogen-bond acceptors (Lipinski definition) is 26. The van der Waals surface area contributed by atoms with Crippen molar-refractivity contribution < 1.29 is 175 Å². The van der Waals surface area contributed by atoms with Gasteiger partial charge in [0, 0.05) is 96.8 Å². The number of unbranched alkanes of at least 4 members (excludes halogenated alkanes) is 18. The Kier molecular flexibility index (Phi) is 103. The molecule has 0 unspecified atom stereocenters. The Hall–Kier alpha value is -12.1. The summed E-state index contributed by atoms with van der Waals surface area (Å²) in [6, 6.07) is 0. The molecular formula is C83H130O36. The third-order valence-corrected chi connectivity index (χ3v) is 12.9. The van der Waals surface area contributed by atoms with Gasteiger partial charge in [0.25, 0.3) is 0 Å². The van der Waals surface area contributed by atoms with E-state index in [-0.39, 0.29) is 107 Å². The highest BCUT2D eigenvalue weighted by atomic mass is 16.6. The molecule has 0 aliphatic rings. The third-order valence-electron chi connectivity index (χ3n) is 12.9. The number of carbonyl (C=O) groups excluding carboxylic acids is 8. The van der Waals surface area contributed by atoms with E-state index in [4.69, 9.17) is 74.7 Å². The second kappa shape index (κ2) is 96.4. The summed E-state index contributed by atoms with van der Waals surface area (Å²) < 4.78 is 37.6. The van der Waals surface area contributed by atoms with Gasteiger partial charge in [-0.2, -0.15) is 0 Å². The van der Waals surface area contributed by atoms with Gasteiger partial charge in [0.05, 0.1) is 52.5 Å². The highest BCUT2D eigenvalue weighted by Gasteiger charge is 2.09. The summed E-state index contributed by atoms with van der Waals surface area (Å²) in [4.78, 5) is 185. The maximum Gasteiger partial charge on any atom is 0.333 e. The van der Waals surface area contributed by atoms with Crippen molar-refractivity contribution in [2.75, 3.05) is 52.9 Å². The largest absolute Gasteiger partial charge is 0.481 e. The summed E-state index contributed by atoms with van der Waals surface area (Å²) in [7, 11) is 0. The van der Waals surface area contributed by atoms with E-state index in [1.54, 1.807) is 20.8 Å². The molecule has 119 heavy (non-hydrogen) atoms. The van der Waals surface area contributed by atoms with Gasteiger partial charge >= 0.3 is 107 Å². The molecule has 0 saturated heterocycles. The number of carboxylic acids is 10. The predicted octanol–water partition coefficient (Wildman–Crippen LogP) is 13.3. The van der Waals surface area contributed by atoms with E-state index in [1.165, 1.54) is 13.8 Å². The highest BCUT2D eigenvalue weighted by molar-refractivity contribution is 5.89. The zero-order valence-electron chi connectivity index (χ0n) is 69.8. The molecule has 0 spiro atoms. The Labute approximate surface area is 697 Å². The number of aliphatic carboxylic acids is 10. The van der Waals surface area contributed by atoms with Crippen molar-refractivity contribution in [3.8, 4) is 0 Å². The molecule has 0 aliphatic carbocycles. The van der Waals surface area contributed by atoms with E-state index in [2.05, 4.69) is 80.0 Å². The summed E-state index contributed by atoms with van der Waals surface area (Å²) in [6.45, 7) is 42.5. The van der Waals surface area contributed by atoms with Crippen LogP contribution in [0.3, 0.4) is 0 Å². The summed E-state index contributed by atoms with van der Waals surface area (Å²) >= 11 is 0. The first-order valence-corrected chi connectivity index (χ1v) is 37.7. The molecule has 0 aromatic rings. The van der Waals surface area contributed by atoms with Crippen molar-refractivity contribution in [2.24, 2.45) is 0 Å². The third kappa shape index (κ3) is 141. The van der Waals surface area contributed by atoms with Crippen LogP contribution in [0.1, 0.15) is 240 Å². The van der Waals surface area contributed by atoms with Crippen LogP contribution in [0.2, 0.25) is 0 Å². The minimum absolute atomic E-state index is 0.0962. The quantitative estimate of drug-likeness (QED) is 0.0117. The van der Waals surface area contributed by atoms with Gasteiger partial charge in [-0.1, -0.05) is 143 Å². The molecule has 0 atom stereocenters. The number of carboxylic acid groups (broad SMARTS) is 10. The van der Waals surface area contributed by atoms with Gasteiger partial charge in [0.2, 0.25) is 0 Å². The Bertz CT molecular complexity index is 3070. The molecule has 0 aromatic heterocycles. The molecule has 0 rings (SSSR count). The van der Waals surface area contributed by atoms with Crippen molar-refractivity contribution in [1.29, 1.82) is 0 Å². The van der Waals surface area contributed by atoms with Crippen LogP contribution < -0.4 is 0 Å². The molecule has 0 bridgehead atoms. The minimum atomic E-state index is -0.989. The standard InChI is InChI=1S/C13H22O4.C12H20O4.C11H18O4.C10H16O4.C9H14O4.C8H12O4.C7H10O4.C6H8O4.C4H6O2.C3H4O2/c1-11(2)13(16)17-10-8-6-4-3-5-7-9-12(14)15;1-2-12(15)16-10-8-6-4-3-5-7-9-11(13)14;1-9(2)11(14)15-8-6-4-3-5-7-10(12)13;1-2-10(13)14-8-6-4-3-5-7-9(11)12;1-7(2)9(12)13-6-4-3-5-8(10)11;1-2-8(11)12-6-4-3-5-7(9)10;1-5(2)7(10)11-4-3-6(8)9;1-2-6(9)10-4-3-5(7)8;1-3(2)4(5)6;1-2-3(4)5/h1,3-10H2,2H3,(H,14,15);2H,1,3-10H2,(H,13,14);1,3-8H2,2H3,(H,12,13);2H,1,3-8H2,(H,11,12);1,3-6H2,2H3,(H,10,11);2H,1,3-6H2,(H,9,10);1,3-4H2,2H3,(H,8,9);2H,1,3-4H2,(H,7,8);1H2,2H3,(H,5,6);2H,1H2,(H,4,5). The maximum absolute atomic E-state index is 11.0. The number of esters is 8. The number of ether oxygens (including phenoxy) is 8. The monoisotopic (exact) mass is 1700 g/mol. The van der Waals surface area contributed by atoms with Gasteiger partial charge in [-0.3, -0.25) is 38.4 Å². The molecule has 0 heterocycles. The molecule has 36 heteroatoms. The Morgan fingerprint density at radius 3 is 0.496 bits per heavy atom. The molecular weight excluding hydrogens is 1570 g/mol. The SMILES string of the molecule is C=C(C)C(=O)O.C=C(C)C(=O)OCCC(=O)O.C=C(C)C(=O)OCCCCC(=O)O.C=C(C)C(=O)OCCCCCCC(=O)O.C=C(C)C(=O)OCCCCCCCCC(=O)O.C=CC(=O)O.C=CC(=O)OCCC(=O)O.C=CC(=O)OCCCCC(=O)O.C=CC(=O)OCCCCCCC(=O)O.C=CC(=O)OCCCCCCCCC(=O)O. The Morgan fingerprint density at radius 1 is 0.202 bits per heavy atom. The zero-order valence-corrected chi connectivity index (χ0v) is 69.8. The fourth-order valence-electron chi connectivity index (χ4n) is 6.60. The van der Waals surface area contributed by atoms with Crippen LogP contribution in [-0.4, -0.2) is 211 Å². The van der Waals surface area contributed by atoms with Crippen molar-refractivity contribution in [2.45, 2.75) is 240 Å². The molecule has 0 saturated carbocycles. The van der Waals surface area contributed by atoms with E-state index in [0.29, 0.717) is 81.7 Å². The predicted molar refractivity (Wildman–Crippen MR) is 437 cm³/mol. The lowest BCUT2D eigenvalue weighted by Crippen LogP contribution is -2.09. The van der Waals surface area contributed by atoms with Crippen LogP contribution in [0.4, 0.5) is 0 Å². The summed E-state index contributed by atoms with van der Waals surface area (Å²) in [5.74, 6) is -12.0. The van der Waals surface area contributed by atoms with Gasteiger partial charge in [0.1, 0.15) is 13.2 Å². The maximum atomic E-state index is 11.0. The Balaban J connectivity index is -0.000000141. The van der Waals surface area contributed by atoms with Crippen molar-refractivity contribution in [3.63, 3.8) is 0 Å². The van der Waals surface area contributed by atoms with Gasteiger partial charge < -0.3 is 89.0 Å². The second-order valence-electron chi connectivity index (χ2n) is 24.4. The molecule has 0 aliphatic heterocycles. The van der Waals surface area contributed by atoms with Gasteiger partial charge in [-0.05, 0) is 112 Å². The average molecular weight is 1700 g/mol. The van der Waals surface area contributed by atoms with Crippen molar-refractivity contribution >= 4 is 107 Å². The lowest BCUT2D eigenvalue weighted by atomic mass is 10.1. The van der Waals surface area contributed by atoms with Crippen LogP contribution in [0.25, 0.3) is 0 Å². The van der Waals surface area contributed by atoms with Gasteiger partial charge in [-0.25, -0.2) is 47.9 Å². The fraction of sp³-hybridized carbons (Fsp3) is 0.542. The van der Waals surface area contributed by atoms with Crippen molar-refractivity contribution in [1.82, 2.24) is 0 Å². The van der Waals surface area contributed by atoms with E-state index in [0.717, 1.165) is 146 Å². The smallest absolute Gasteiger partial charge is 0.333 e. The Morgan fingerprint density at radius 2 is 0.336 bits per heavy atom. The number of hydrogen-bond donors (Lipinski definition) is 10. The second-order valence-corrected chi connectivity index (χ2v) is 24.4. The van der Waals surface area contributed by atoms with E-state index < -0.39 is 89.5 Å². The highest BCUT2D eigenvalue weighted by Crippen LogP contribution is 2.10. The first-order valence-electron chi connectivity index (χ1n) is 37.7. The normalized spacial score (nSPS) is 9.15. The first-order chi connectivity index (χ1) is 55.7. The van der Waals surface area contributed by atoms with Crippen LogP contribution in [-0.2, 0) is 124 Å². The summed E-state index contributed by atoms with van der Waals surface area (Å²) in [5.41, 5.74) is 1.64. The summed E-state index contributed by atoms with van der Waals surface area (Å²) in [5, 5.41) is 81.8. The topological polar surface area (TPSA) is 583 Å². The van der Waals surface area contributed by atoms with E-state index in [9.17, 15) is 86.3 Å². The molecule has 10 N–H and O–H groups in total. The molecule has 36 nitrogen and oxygen atoms in total. The first kappa shape index (κ1) is 128. The van der Waals surface area contributed by atoms with E-state index >= 15 is 0 Å². The van der Waals surface area contributed by atoms with Crippen LogP contribution in [0.5, 0.6) is 0 Å².